The number of sulfone groups is 1. The monoisotopic (exact) mass is 271 g/mol. The van der Waals surface area contributed by atoms with Crippen LogP contribution in [0.15, 0.2) is 16.7 Å². The van der Waals surface area contributed by atoms with Gasteiger partial charge in [0.1, 0.15) is 5.76 Å². The average Bonchev–Trinajstić information content (AvgIpc) is 2.72. The topological polar surface area (TPSA) is 67.6 Å². The molecule has 0 aliphatic carbocycles. The van der Waals surface area contributed by atoms with Crippen LogP contribution in [0.2, 0.25) is 0 Å². The fourth-order valence-corrected chi connectivity index (χ4v) is 3.79. The Labute approximate surface area is 107 Å². The molecule has 0 spiro atoms. The zero-order valence-corrected chi connectivity index (χ0v) is 11.5. The number of aryl methyl sites for hydroxylation is 1. The van der Waals surface area contributed by atoms with Crippen LogP contribution >= 0.6 is 0 Å². The minimum absolute atomic E-state index is 0.0289. The first-order chi connectivity index (χ1) is 8.34. The second-order valence-corrected chi connectivity index (χ2v) is 7.18. The van der Waals surface area contributed by atoms with Crippen molar-refractivity contribution in [2.24, 2.45) is 0 Å². The molecule has 1 aromatic heterocycles. The average molecular weight is 271 g/mol. The molecule has 1 aliphatic rings. The van der Waals surface area contributed by atoms with E-state index in [1.165, 1.54) is 6.26 Å². The molecule has 5 nitrogen and oxygen atoms in total. The predicted octanol–water partition coefficient (Wildman–Crippen LogP) is 1.24. The number of carbonyl (C=O) groups excluding carboxylic acids is 1. The van der Waals surface area contributed by atoms with Crippen LogP contribution in [0.25, 0.3) is 0 Å². The molecular formula is C12H17NO4S. The van der Waals surface area contributed by atoms with Crippen molar-refractivity contribution in [3.63, 3.8) is 0 Å². The molecule has 2 heterocycles. The Hall–Kier alpha value is -1.30. The summed E-state index contributed by atoms with van der Waals surface area (Å²) in [5, 5.41) is -0.526. The van der Waals surface area contributed by atoms with E-state index >= 15 is 0 Å². The molecule has 100 valence electrons. The lowest BCUT2D eigenvalue weighted by Crippen LogP contribution is -2.54. The minimum atomic E-state index is -3.07. The summed E-state index contributed by atoms with van der Waals surface area (Å²) >= 11 is 0. The number of rotatable bonds is 1. The summed E-state index contributed by atoms with van der Waals surface area (Å²) in [5.74, 6) is 0.435. The Morgan fingerprint density at radius 2 is 2.11 bits per heavy atom. The molecule has 0 N–H and O–H groups in total. The lowest BCUT2D eigenvalue weighted by molar-refractivity contribution is 0.0691. The van der Waals surface area contributed by atoms with Crippen LogP contribution in [0.1, 0.15) is 30.0 Å². The third-order valence-electron chi connectivity index (χ3n) is 3.70. The van der Waals surface area contributed by atoms with E-state index in [1.54, 1.807) is 31.7 Å². The standard InChI is InChI=1S/C12H17NO4S/c1-8-10(3)18(15,16)7-5-13(8)12(14)11-4-6-17-9(11)2/h4,6,8,10H,5,7H2,1-3H3/t8-,10-/m1/s1. The number of furan rings is 1. The van der Waals surface area contributed by atoms with Crippen molar-refractivity contribution in [2.75, 3.05) is 12.3 Å². The van der Waals surface area contributed by atoms with Gasteiger partial charge in [0.05, 0.1) is 22.8 Å². The Bertz CT molecular complexity index is 560. The second kappa shape index (κ2) is 4.42. The van der Waals surface area contributed by atoms with Gasteiger partial charge in [-0.1, -0.05) is 0 Å². The zero-order chi connectivity index (χ0) is 13.5. The van der Waals surface area contributed by atoms with Crippen LogP contribution in [0.4, 0.5) is 0 Å². The summed E-state index contributed by atoms with van der Waals surface area (Å²) in [6.45, 7) is 5.40. The van der Waals surface area contributed by atoms with E-state index in [0.717, 1.165) is 0 Å². The van der Waals surface area contributed by atoms with Crippen molar-refractivity contribution in [3.05, 3.63) is 23.7 Å². The molecule has 0 radical (unpaired) electrons. The predicted molar refractivity (Wildman–Crippen MR) is 67.2 cm³/mol. The van der Waals surface area contributed by atoms with Gasteiger partial charge < -0.3 is 9.32 Å². The van der Waals surface area contributed by atoms with Gasteiger partial charge in [-0.3, -0.25) is 4.79 Å². The molecule has 1 saturated heterocycles. The van der Waals surface area contributed by atoms with Crippen molar-refractivity contribution in [2.45, 2.75) is 32.1 Å². The second-order valence-electron chi connectivity index (χ2n) is 4.70. The van der Waals surface area contributed by atoms with Crippen LogP contribution < -0.4 is 0 Å². The number of hydrogen-bond acceptors (Lipinski definition) is 4. The Kier molecular flexibility index (Phi) is 3.23. The largest absolute Gasteiger partial charge is 0.469 e. The first-order valence-corrected chi connectivity index (χ1v) is 7.63. The molecule has 1 fully saturated rings. The van der Waals surface area contributed by atoms with Crippen molar-refractivity contribution in [3.8, 4) is 0 Å². The molecule has 2 rings (SSSR count). The van der Waals surface area contributed by atoms with E-state index in [9.17, 15) is 13.2 Å². The molecule has 1 amide bonds. The van der Waals surface area contributed by atoms with Gasteiger partial charge in [0.2, 0.25) is 0 Å². The molecule has 0 unspecified atom stereocenters. The number of nitrogens with zero attached hydrogens (tertiary/aromatic N) is 1. The molecule has 0 aromatic carbocycles. The summed E-state index contributed by atoms with van der Waals surface area (Å²) in [7, 11) is -3.07. The molecule has 0 bridgehead atoms. The first-order valence-electron chi connectivity index (χ1n) is 5.91. The van der Waals surface area contributed by atoms with Gasteiger partial charge in [-0.05, 0) is 26.8 Å². The minimum Gasteiger partial charge on any atom is -0.469 e. The fourth-order valence-electron chi connectivity index (χ4n) is 2.22. The summed E-state index contributed by atoms with van der Waals surface area (Å²) in [6, 6.07) is 1.31. The molecule has 18 heavy (non-hydrogen) atoms. The first kappa shape index (κ1) is 13.1. The highest BCUT2D eigenvalue weighted by Gasteiger charge is 2.38. The Morgan fingerprint density at radius 1 is 1.44 bits per heavy atom. The van der Waals surface area contributed by atoms with Gasteiger partial charge in [0, 0.05) is 12.6 Å². The van der Waals surface area contributed by atoms with E-state index in [2.05, 4.69) is 0 Å². The van der Waals surface area contributed by atoms with E-state index in [4.69, 9.17) is 4.42 Å². The van der Waals surface area contributed by atoms with E-state index in [-0.39, 0.29) is 24.2 Å². The van der Waals surface area contributed by atoms with E-state index < -0.39 is 15.1 Å². The maximum atomic E-state index is 12.3. The Morgan fingerprint density at radius 3 is 2.67 bits per heavy atom. The van der Waals surface area contributed by atoms with Crippen molar-refractivity contribution < 1.29 is 17.6 Å². The normalized spacial score (nSPS) is 27.2. The summed E-state index contributed by atoms with van der Waals surface area (Å²) < 4.78 is 28.6. The van der Waals surface area contributed by atoms with Gasteiger partial charge in [0.25, 0.3) is 5.91 Å². The zero-order valence-electron chi connectivity index (χ0n) is 10.7. The molecule has 1 aliphatic heterocycles. The lowest BCUT2D eigenvalue weighted by atomic mass is 10.1. The summed E-state index contributed by atoms with van der Waals surface area (Å²) in [5.41, 5.74) is 0.508. The van der Waals surface area contributed by atoms with Gasteiger partial charge >= 0.3 is 0 Å². The molecule has 2 atom stereocenters. The molecule has 6 heteroatoms. The van der Waals surface area contributed by atoms with Crippen LogP contribution in [0.3, 0.4) is 0 Å². The van der Waals surface area contributed by atoms with Crippen LogP contribution in [0.5, 0.6) is 0 Å². The van der Waals surface area contributed by atoms with Crippen LogP contribution in [0, 0.1) is 6.92 Å². The van der Waals surface area contributed by atoms with Crippen molar-refractivity contribution in [1.29, 1.82) is 0 Å². The van der Waals surface area contributed by atoms with Crippen LogP contribution in [-0.2, 0) is 9.84 Å². The SMILES string of the molecule is Cc1occc1C(=O)N1CCS(=O)(=O)[C@H](C)[C@H]1C. The molecule has 0 saturated carbocycles. The van der Waals surface area contributed by atoms with Gasteiger partial charge in [-0.15, -0.1) is 0 Å². The quantitative estimate of drug-likeness (QED) is 0.770. The number of carbonyl (C=O) groups is 1. The highest BCUT2D eigenvalue weighted by Crippen LogP contribution is 2.22. The lowest BCUT2D eigenvalue weighted by Gasteiger charge is -2.37. The number of hydrogen-bond donors (Lipinski definition) is 0. The third-order valence-corrected chi connectivity index (χ3v) is 5.98. The summed E-state index contributed by atoms with van der Waals surface area (Å²) in [4.78, 5) is 13.9. The maximum Gasteiger partial charge on any atom is 0.257 e. The number of amides is 1. The van der Waals surface area contributed by atoms with Crippen molar-refractivity contribution >= 4 is 15.7 Å². The fraction of sp³-hybridized carbons (Fsp3) is 0.583. The highest BCUT2D eigenvalue weighted by atomic mass is 32.2. The smallest absolute Gasteiger partial charge is 0.257 e. The third kappa shape index (κ3) is 2.05. The highest BCUT2D eigenvalue weighted by molar-refractivity contribution is 7.92. The van der Waals surface area contributed by atoms with Gasteiger partial charge in [0.15, 0.2) is 9.84 Å². The van der Waals surface area contributed by atoms with E-state index in [0.29, 0.717) is 11.3 Å². The van der Waals surface area contributed by atoms with Gasteiger partial charge in [-0.2, -0.15) is 0 Å². The maximum absolute atomic E-state index is 12.3. The van der Waals surface area contributed by atoms with Crippen molar-refractivity contribution in [1.82, 2.24) is 4.90 Å². The van der Waals surface area contributed by atoms with Crippen LogP contribution in [-0.4, -0.2) is 42.8 Å². The van der Waals surface area contributed by atoms with Gasteiger partial charge in [-0.25, -0.2) is 8.42 Å². The molecule has 1 aromatic rings. The Balaban J connectivity index is 2.26. The van der Waals surface area contributed by atoms with E-state index in [1.807, 2.05) is 0 Å². The summed E-state index contributed by atoms with van der Waals surface area (Å²) in [6.07, 6.45) is 1.47. The molecular weight excluding hydrogens is 254 g/mol.